The molecule has 1 aliphatic carbocycles. The van der Waals surface area contributed by atoms with E-state index in [0.717, 1.165) is 27.8 Å². The minimum Gasteiger partial charge on any atom is -0.455 e. The highest BCUT2D eigenvalue weighted by molar-refractivity contribution is 6.12. The van der Waals surface area contributed by atoms with Crippen molar-refractivity contribution in [3.05, 3.63) is 90.1 Å². The number of para-hydroxylation sites is 1. The van der Waals surface area contributed by atoms with Crippen LogP contribution < -0.4 is 0 Å². The van der Waals surface area contributed by atoms with Crippen LogP contribution in [0.25, 0.3) is 44.3 Å². The first-order valence-corrected chi connectivity index (χ1v) is 9.66. The van der Waals surface area contributed by atoms with E-state index in [4.69, 9.17) is 4.42 Å². The third kappa shape index (κ3) is 1.90. The molecule has 0 fully saturated rings. The topological polar surface area (TPSA) is 26.0 Å². The van der Waals surface area contributed by atoms with Crippen molar-refractivity contribution >= 4 is 21.9 Å². The fraction of sp³-hybridized carbons (Fsp3) is 0.115. The van der Waals surface area contributed by atoms with Gasteiger partial charge in [0, 0.05) is 33.5 Å². The van der Waals surface area contributed by atoms with Crippen LogP contribution in [0.1, 0.15) is 25.0 Å². The normalized spacial score (nSPS) is 14.4. The number of aromatic nitrogens is 1. The van der Waals surface area contributed by atoms with E-state index < -0.39 is 0 Å². The Morgan fingerprint density at radius 2 is 1.46 bits per heavy atom. The zero-order valence-electron chi connectivity index (χ0n) is 15.9. The quantitative estimate of drug-likeness (QED) is 0.323. The second-order valence-corrected chi connectivity index (χ2v) is 8.03. The number of rotatable bonds is 1. The van der Waals surface area contributed by atoms with Gasteiger partial charge in [0.2, 0.25) is 0 Å². The molecule has 28 heavy (non-hydrogen) atoms. The van der Waals surface area contributed by atoms with E-state index in [2.05, 4.69) is 73.4 Å². The van der Waals surface area contributed by atoms with E-state index in [9.17, 15) is 0 Å². The smallest absolute Gasteiger partial charge is 0.144 e. The molecular weight excluding hydrogens is 342 g/mol. The lowest BCUT2D eigenvalue weighted by Crippen LogP contribution is -2.15. The van der Waals surface area contributed by atoms with Gasteiger partial charge in [0.1, 0.15) is 11.2 Å². The molecule has 0 N–H and O–H groups in total. The lowest BCUT2D eigenvalue weighted by atomic mass is 9.82. The molecule has 134 valence electrons. The molecule has 1 aliphatic rings. The van der Waals surface area contributed by atoms with E-state index in [1.807, 2.05) is 24.4 Å². The fourth-order valence-electron chi connectivity index (χ4n) is 4.83. The molecule has 2 aromatic heterocycles. The summed E-state index contributed by atoms with van der Waals surface area (Å²) in [6.45, 7) is 4.59. The number of furan rings is 1. The van der Waals surface area contributed by atoms with Gasteiger partial charge in [-0.3, -0.25) is 4.98 Å². The van der Waals surface area contributed by atoms with Crippen LogP contribution >= 0.6 is 0 Å². The molecule has 0 bridgehead atoms. The highest BCUT2D eigenvalue weighted by Gasteiger charge is 2.38. The molecule has 0 amide bonds. The Morgan fingerprint density at radius 3 is 2.32 bits per heavy atom. The number of hydrogen-bond donors (Lipinski definition) is 0. The number of nitrogens with zero attached hydrogens (tertiary/aromatic N) is 1. The zero-order chi connectivity index (χ0) is 18.9. The zero-order valence-corrected chi connectivity index (χ0v) is 15.9. The van der Waals surface area contributed by atoms with Crippen molar-refractivity contribution in [2.75, 3.05) is 0 Å². The largest absolute Gasteiger partial charge is 0.455 e. The number of benzene rings is 3. The third-order valence-corrected chi connectivity index (χ3v) is 6.12. The van der Waals surface area contributed by atoms with Crippen LogP contribution in [0.5, 0.6) is 0 Å². The van der Waals surface area contributed by atoms with E-state index in [1.165, 1.54) is 27.6 Å². The van der Waals surface area contributed by atoms with Crippen molar-refractivity contribution in [1.29, 1.82) is 0 Å². The van der Waals surface area contributed by atoms with Gasteiger partial charge in [0.05, 0.1) is 5.69 Å². The first kappa shape index (κ1) is 15.6. The summed E-state index contributed by atoms with van der Waals surface area (Å²) in [6, 6.07) is 25.5. The predicted molar refractivity (Wildman–Crippen MR) is 115 cm³/mol. The van der Waals surface area contributed by atoms with Gasteiger partial charge >= 0.3 is 0 Å². The maximum absolute atomic E-state index is 6.61. The summed E-state index contributed by atoms with van der Waals surface area (Å²) < 4.78 is 6.61. The van der Waals surface area contributed by atoms with Gasteiger partial charge in [0.25, 0.3) is 0 Å². The molecule has 6 rings (SSSR count). The van der Waals surface area contributed by atoms with Gasteiger partial charge in [-0.2, -0.15) is 0 Å². The molecule has 0 saturated carbocycles. The molecule has 2 nitrogen and oxygen atoms in total. The number of hydrogen-bond acceptors (Lipinski definition) is 2. The van der Waals surface area contributed by atoms with Crippen LogP contribution in [-0.4, -0.2) is 4.98 Å². The van der Waals surface area contributed by atoms with E-state index in [0.29, 0.717) is 0 Å². The molecule has 5 aromatic rings. The van der Waals surface area contributed by atoms with E-state index >= 15 is 0 Å². The average Bonchev–Trinajstić information content (AvgIpc) is 3.22. The summed E-state index contributed by atoms with van der Waals surface area (Å²) in [5, 5.41) is 2.32. The van der Waals surface area contributed by atoms with Crippen LogP contribution in [0.4, 0.5) is 0 Å². The molecule has 0 aliphatic heterocycles. The Hall–Kier alpha value is -3.39. The average molecular weight is 361 g/mol. The van der Waals surface area contributed by atoms with Crippen LogP contribution in [-0.2, 0) is 5.41 Å². The van der Waals surface area contributed by atoms with Crippen molar-refractivity contribution in [2.45, 2.75) is 19.3 Å². The van der Waals surface area contributed by atoms with Crippen molar-refractivity contribution in [3.8, 4) is 22.4 Å². The molecule has 3 aromatic carbocycles. The Morgan fingerprint density at radius 1 is 0.679 bits per heavy atom. The monoisotopic (exact) mass is 361 g/mol. The van der Waals surface area contributed by atoms with Gasteiger partial charge in [-0.15, -0.1) is 0 Å². The molecule has 2 heteroatoms. The second-order valence-electron chi connectivity index (χ2n) is 8.03. The summed E-state index contributed by atoms with van der Waals surface area (Å²) in [5.74, 6) is 0. The van der Waals surface area contributed by atoms with Gasteiger partial charge in [-0.05, 0) is 41.0 Å². The Balaban J connectivity index is 1.73. The van der Waals surface area contributed by atoms with Crippen molar-refractivity contribution < 1.29 is 4.42 Å². The minimum atomic E-state index is -0.0928. The van der Waals surface area contributed by atoms with Crippen molar-refractivity contribution in [3.63, 3.8) is 0 Å². The molecule has 0 radical (unpaired) electrons. The van der Waals surface area contributed by atoms with Crippen molar-refractivity contribution in [2.24, 2.45) is 0 Å². The van der Waals surface area contributed by atoms with Gasteiger partial charge in [-0.25, -0.2) is 0 Å². The number of pyridine rings is 1. The highest BCUT2D eigenvalue weighted by Crippen LogP contribution is 2.52. The maximum Gasteiger partial charge on any atom is 0.144 e. The Bertz CT molecular complexity index is 1380. The van der Waals surface area contributed by atoms with E-state index in [1.54, 1.807) is 0 Å². The Labute approximate surface area is 163 Å². The van der Waals surface area contributed by atoms with Crippen LogP contribution in [0.15, 0.2) is 83.4 Å². The summed E-state index contributed by atoms with van der Waals surface area (Å²) >= 11 is 0. The first-order valence-electron chi connectivity index (χ1n) is 9.66. The van der Waals surface area contributed by atoms with E-state index in [-0.39, 0.29) is 5.41 Å². The molecule has 0 saturated heterocycles. The minimum absolute atomic E-state index is 0.0928. The molecule has 0 spiro atoms. The van der Waals surface area contributed by atoms with Gasteiger partial charge in [0.15, 0.2) is 0 Å². The summed E-state index contributed by atoms with van der Waals surface area (Å²) in [7, 11) is 0. The first-order chi connectivity index (χ1) is 13.7. The number of fused-ring (bicyclic) bond motifs is 7. The summed E-state index contributed by atoms with van der Waals surface area (Å²) in [4.78, 5) is 4.54. The Kier molecular flexibility index (Phi) is 2.98. The van der Waals surface area contributed by atoms with Crippen LogP contribution in [0.3, 0.4) is 0 Å². The molecule has 0 unspecified atom stereocenters. The standard InChI is InChI=1S/C26H19NO/c1-26(2)21-11-4-3-8-16(21)17-13-14-19-18-9-7-10-20(22-12-5-6-15-27-22)24(18)28-25(19)23(17)26/h3-15H,1-2H3. The van der Waals surface area contributed by atoms with Crippen LogP contribution in [0, 0.1) is 0 Å². The molecule has 0 atom stereocenters. The van der Waals surface area contributed by atoms with Crippen molar-refractivity contribution in [1.82, 2.24) is 4.98 Å². The van der Waals surface area contributed by atoms with Crippen LogP contribution in [0.2, 0.25) is 0 Å². The molecule has 2 heterocycles. The maximum atomic E-state index is 6.61. The van der Waals surface area contributed by atoms with Gasteiger partial charge < -0.3 is 4.42 Å². The highest BCUT2D eigenvalue weighted by atomic mass is 16.3. The predicted octanol–water partition coefficient (Wildman–Crippen LogP) is 6.95. The fourth-order valence-corrected chi connectivity index (χ4v) is 4.83. The second kappa shape index (κ2) is 5.32. The summed E-state index contributed by atoms with van der Waals surface area (Å²) in [6.07, 6.45) is 1.83. The lowest BCUT2D eigenvalue weighted by molar-refractivity contribution is 0.620. The van der Waals surface area contributed by atoms with Gasteiger partial charge in [-0.1, -0.05) is 62.4 Å². The SMILES string of the molecule is CC1(C)c2ccccc2-c2ccc3c(oc4c(-c5ccccn5)cccc43)c21. The third-order valence-electron chi connectivity index (χ3n) is 6.12. The molecular formula is C26H19NO. The lowest BCUT2D eigenvalue weighted by Gasteiger charge is -2.21. The summed E-state index contributed by atoms with van der Waals surface area (Å²) in [5.41, 5.74) is 9.04.